The molecular weight excluding hydrogens is 448 g/mol. The molecular formula is C21H21BrN6O2. The molecule has 4 aliphatic rings. The molecule has 2 aliphatic heterocycles. The predicted molar refractivity (Wildman–Crippen MR) is 112 cm³/mol. The van der Waals surface area contributed by atoms with Crippen molar-refractivity contribution in [3.63, 3.8) is 0 Å². The van der Waals surface area contributed by atoms with E-state index in [4.69, 9.17) is 4.74 Å². The lowest BCUT2D eigenvalue weighted by molar-refractivity contribution is -0.136. The number of dihydropyridines is 1. The quantitative estimate of drug-likeness (QED) is 0.740. The normalized spacial score (nSPS) is 33.5. The molecule has 1 N–H and O–H groups in total. The maximum Gasteiger partial charge on any atom is 0.258 e. The molecule has 0 bridgehead atoms. The second kappa shape index (κ2) is 6.41. The molecule has 9 heteroatoms. The molecule has 30 heavy (non-hydrogen) atoms. The Labute approximate surface area is 182 Å². The number of likely N-dealkylation sites (tertiary alicyclic amines) is 1. The van der Waals surface area contributed by atoms with Gasteiger partial charge in [-0.2, -0.15) is 10.2 Å². The van der Waals surface area contributed by atoms with Crippen LogP contribution in [-0.4, -0.2) is 55.5 Å². The summed E-state index contributed by atoms with van der Waals surface area (Å²) in [6.07, 6.45) is 11.0. The van der Waals surface area contributed by atoms with Crippen molar-refractivity contribution in [3.05, 3.63) is 52.9 Å². The van der Waals surface area contributed by atoms with Gasteiger partial charge in [-0.3, -0.25) is 4.79 Å². The fourth-order valence-corrected chi connectivity index (χ4v) is 5.56. The molecule has 3 fully saturated rings. The van der Waals surface area contributed by atoms with Gasteiger partial charge in [-0.15, -0.1) is 4.80 Å². The number of hydrogen-bond donors (Lipinski definition) is 1. The lowest BCUT2D eigenvalue weighted by Crippen LogP contribution is -2.59. The summed E-state index contributed by atoms with van der Waals surface area (Å²) in [5, 5.41) is 11.8. The third-order valence-corrected chi connectivity index (χ3v) is 7.28. The first-order valence-corrected chi connectivity index (χ1v) is 11.0. The number of ether oxygens (including phenoxy) is 1. The van der Waals surface area contributed by atoms with Crippen molar-refractivity contribution >= 4 is 27.7 Å². The molecule has 2 aliphatic carbocycles. The van der Waals surface area contributed by atoms with Gasteiger partial charge >= 0.3 is 0 Å². The van der Waals surface area contributed by atoms with Crippen LogP contribution in [0.2, 0.25) is 0 Å². The zero-order valence-electron chi connectivity index (χ0n) is 16.4. The van der Waals surface area contributed by atoms with Gasteiger partial charge in [0.05, 0.1) is 24.0 Å². The van der Waals surface area contributed by atoms with E-state index in [2.05, 4.69) is 36.4 Å². The molecule has 2 saturated carbocycles. The fraction of sp³-hybridized carbons (Fsp3) is 0.429. The zero-order valence-corrected chi connectivity index (χ0v) is 18.0. The molecule has 6 rings (SSSR count). The van der Waals surface area contributed by atoms with Gasteiger partial charge in [-0.1, -0.05) is 6.08 Å². The highest BCUT2D eigenvalue weighted by molar-refractivity contribution is 9.10. The van der Waals surface area contributed by atoms with Crippen LogP contribution >= 0.6 is 15.9 Å². The van der Waals surface area contributed by atoms with Gasteiger partial charge in [0, 0.05) is 34.7 Å². The molecule has 5 unspecified atom stereocenters. The van der Waals surface area contributed by atoms with Crippen LogP contribution in [0.4, 0.5) is 0 Å². The van der Waals surface area contributed by atoms with Gasteiger partial charge in [0.25, 0.3) is 5.91 Å². The van der Waals surface area contributed by atoms with Crippen molar-refractivity contribution in [2.75, 3.05) is 6.54 Å². The number of carbonyl (C=O) groups is 1. The van der Waals surface area contributed by atoms with Crippen LogP contribution in [0.25, 0.3) is 5.82 Å². The Bertz CT molecular complexity index is 1070. The Morgan fingerprint density at radius 2 is 2.13 bits per heavy atom. The van der Waals surface area contributed by atoms with Crippen molar-refractivity contribution in [2.24, 2.45) is 11.3 Å². The molecule has 154 valence electrons. The van der Waals surface area contributed by atoms with E-state index in [0.29, 0.717) is 23.2 Å². The summed E-state index contributed by atoms with van der Waals surface area (Å²) in [6.45, 7) is 2.81. The number of aromatic nitrogens is 4. The molecule has 4 heterocycles. The Morgan fingerprint density at radius 1 is 1.30 bits per heavy atom. The lowest BCUT2D eigenvalue weighted by Gasteiger charge is -2.47. The molecule has 1 saturated heterocycles. The number of pyridine rings is 1. The number of halogens is 1. The second-order valence-corrected chi connectivity index (χ2v) is 9.50. The fourth-order valence-electron chi connectivity index (χ4n) is 5.32. The molecule has 1 spiro atoms. The van der Waals surface area contributed by atoms with Gasteiger partial charge in [0.1, 0.15) is 6.10 Å². The van der Waals surface area contributed by atoms with E-state index in [9.17, 15) is 4.79 Å². The van der Waals surface area contributed by atoms with Gasteiger partial charge < -0.3 is 15.0 Å². The highest BCUT2D eigenvalue weighted by atomic mass is 79.9. The number of rotatable bonds is 4. The standard InChI is InChI=1S/C21H21BrN6O2/c1-12-2-4-15(19(26-12)28-24-6-7-25-28)20(29)27-11-13-8-21(13)9-16(18(21)27)30-17-5-3-14(22)10-23-17/h2-7,10,12-13,16,18,26H,8-9,11H2,1H3. The van der Waals surface area contributed by atoms with Crippen LogP contribution in [-0.2, 0) is 4.79 Å². The molecule has 5 atom stereocenters. The average Bonchev–Trinajstić information content (AvgIpc) is 3.10. The predicted octanol–water partition coefficient (Wildman–Crippen LogP) is 2.22. The number of nitrogens with zero attached hydrogens (tertiary/aromatic N) is 5. The molecule has 8 nitrogen and oxygen atoms in total. The van der Waals surface area contributed by atoms with E-state index in [-0.39, 0.29) is 29.5 Å². The first-order valence-electron chi connectivity index (χ1n) is 10.2. The Balaban J connectivity index is 1.28. The number of amides is 1. The summed E-state index contributed by atoms with van der Waals surface area (Å²) in [5.74, 6) is 1.81. The molecule has 2 aromatic heterocycles. The van der Waals surface area contributed by atoms with Crippen molar-refractivity contribution in [1.29, 1.82) is 0 Å². The van der Waals surface area contributed by atoms with E-state index in [1.54, 1.807) is 18.6 Å². The zero-order chi connectivity index (χ0) is 20.5. The number of nitrogens with one attached hydrogen (secondary N) is 1. The summed E-state index contributed by atoms with van der Waals surface area (Å²) >= 11 is 3.40. The molecule has 2 aromatic rings. The maximum atomic E-state index is 13.6. The minimum absolute atomic E-state index is 0.00610. The SMILES string of the molecule is CC1C=CC(C(=O)N2CC3CC34CC(Oc3ccc(Br)cn3)C24)=C(n2nccn2)N1. The van der Waals surface area contributed by atoms with Crippen LogP contribution in [0, 0.1) is 11.3 Å². The smallest absolute Gasteiger partial charge is 0.258 e. The number of piperidine rings is 1. The van der Waals surface area contributed by atoms with Crippen molar-refractivity contribution in [2.45, 2.75) is 38.0 Å². The summed E-state index contributed by atoms with van der Waals surface area (Å²) in [7, 11) is 0. The van der Waals surface area contributed by atoms with Crippen molar-refractivity contribution < 1.29 is 9.53 Å². The minimum atomic E-state index is -0.0264. The third-order valence-electron chi connectivity index (χ3n) is 6.81. The van der Waals surface area contributed by atoms with E-state index < -0.39 is 0 Å². The van der Waals surface area contributed by atoms with Gasteiger partial charge in [-0.05, 0) is 53.8 Å². The summed E-state index contributed by atoms with van der Waals surface area (Å²) in [6, 6.07) is 3.97. The van der Waals surface area contributed by atoms with E-state index in [1.165, 1.54) is 11.2 Å². The van der Waals surface area contributed by atoms with Crippen LogP contribution < -0.4 is 10.1 Å². The summed E-state index contributed by atoms with van der Waals surface area (Å²) in [4.78, 5) is 21.5. The summed E-state index contributed by atoms with van der Waals surface area (Å²) in [5.41, 5.74) is 0.826. The van der Waals surface area contributed by atoms with E-state index >= 15 is 0 Å². The number of hydrogen-bond acceptors (Lipinski definition) is 6. The lowest BCUT2D eigenvalue weighted by atomic mass is 9.73. The first kappa shape index (κ1) is 18.1. The van der Waals surface area contributed by atoms with Crippen molar-refractivity contribution in [3.8, 4) is 5.88 Å². The third kappa shape index (κ3) is 2.64. The second-order valence-electron chi connectivity index (χ2n) is 8.58. The monoisotopic (exact) mass is 468 g/mol. The van der Waals surface area contributed by atoms with Crippen LogP contribution in [0.1, 0.15) is 19.8 Å². The first-order chi connectivity index (χ1) is 14.5. The largest absolute Gasteiger partial charge is 0.472 e. The minimum Gasteiger partial charge on any atom is -0.472 e. The Morgan fingerprint density at radius 3 is 2.90 bits per heavy atom. The summed E-state index contributed by atoms with van der Waals surface area (Å²) < 4.78 is 7.10. The topological polar surface area (TPSA) is 85.2 Å². The highest BCUT2D eigenvalue weighted by Crippen LogP contribution is 2.71. The van der Waals surface area contributed by atoms with Gasteiger partial charge in [0.15, 0.2) is 5.82 Å². The molecule has 0 aromatic carbocycles. The van der Waals surface area contributed by atoms with Crippen LogP contribution in [0.3, 0.4) is 0 Å². The Hall–Kier alpha value is -2.68. The molecule has 1 amide bonds. The van der Waals surface area contributed by atoms with Crippen LogP contribution in [0.15, 0.2) is 52.9 Å². The van der Waals surface area contributed by atoms with E-state index in [0.717, 1.165) is 17.4 Å². The molecule has 0 radical (unpaired) electrons. The highest BCUT2D eigenvalue weighted by Gasteiger charge is 2.76. The van der Waals surface area contributed by atoms with Gasteiger partial charge in [0.2, 0.25) is 5.88 Å². The van der Waals surface area contributed by atoms with E-state index in [1.807, 2.05) is 36.1 Å². The van der Waals surface area contributed by atoms with Crippen LogP contribution in [0.5, 0.6) is 5.88 Å². The number of carbonyl (C=O) groups excluding carboxylic acids is 1. The maximum absolute atomic E-state index is 13.6. The average molecular weight is 469 g/mol. The van der Waals surface area contributed by atoms with Crippen molar-refractivity contribution in [1.82, 2.24) is 30.2 Å². The van der Waals surface area contributed by atoms with Gasteiger partial charge in [-0.25, -0.2) is 4.98 Å². The Kier molecular flexibility index (Phi) is 3.87.